The van der Waals surface area contributed by atoms with E-state index in [4.69, 9.17) is 4.74 Å². The molecule has 3 heteroatoms. The molecule has 0 heterocycles. The highest BCUT2D eigenvalue weighted by Gasteiger charge is 2.03. The predicted molar refractivity (Wildman–Crippen MR) is 66.5 cm³/mol. The van der Waals surface area contributed by atoms with Gasteiger partial charge in [-0.05, 0) is 30.9 Å². The molecule has 0 aliphatic heterocycles. The van der Waals surface area contributed by atoms with E-state index in [2.05, 4.69) is 42.8 Å². The molecular formula is C12H19NOS. The summed E-state index contributed by atoms with van der Waals surface area (Å²) < 4.78 is 5.00. The zero-order chi connectivity index (χ0) is 11.1. The minimum Gasteiger partial charge on any atom is -0.383 e. The van der Waals surface area contributed by atoms with Crippen molar-refractivity contribution >= 4 is 11.8 Å². The summed E-state index contributed by atoms with van der Waals surface area (Å²) in [6.45, 7) is 3.82. The monoisotopic (exact) mass is 225 g/mol. The highest BCUT2D eigenvalue weighted by molar-refractivity contribution is 7.98. The first-order valence-corrected chi connectivity index (χ1v) is 6.36. The van der Waals surface area contributed by atoms with E-state index in [0.29, 0.717) is 6.04 Å². The SMILES string of the molecule is COCCNC(C)c1ccc(SC)cc1. The van der Waals surface area contributed by atoms with Gasteiger partial charge in [-0.2, -0.15) is 0 Å². The Hall–Kier alpha value is -0.510. The van der Waals surface area contributed by atoms with Gasteiger partial charge in [-0.25, -0.2) is 0 Å². The molecule has 0 spiro atoms. The molecule has 84 valence electrons. The Morgan fingerprint density at radius 3 is 2.53 bits per heavy atom. The van der Waals surface area contributed by atoms with Crippen molar-refractivity contribution in [3.05, 3.63) is 29.8 Å². The van der Waals surface area contributed by atoms with Gasteiger partial charge in [0.25, 0.3) is 0 Å². The summed E-state index contributed by atoms with van der Waals surface area (Å²) in [7, 11) is 1.72. The zero-order valence-corrected chi connectivity index (χ0v) is 10.4. The second-order valence-corrected chi connectivity index (χ2v) is 4.32. The highest BCUT2D eigenvalue weighted by Crippen LogP contribution is 2.18. The fourth-order valence-electron chi connectivity index (χ4n) is 1.39. The average Bonchev–Trinajstić information content (AvgIpc) is 2.29. The van der Waals surface area contributed by atoms with Crippen LogP contribution in [0.15, 0.2) is 29.2 Å². The summed E-state index contributed by atoms with van der Waals surface area (Å²) in [5.41, 5.74) is 1.32. The Balaban J connectivity index is 2.46. The summed E-state index contributed by atoms with van der Waals surface area (Å²) >= 11 is 1.77. The van der Waals surface area contributed by atoms with Crippen LogP contribution in [0.2, 0.25) is 0 Å². The van der Waals surface area contributed by atoms with E-state index in [9.17, 15) is 0 Å². The lowest BCUT2D eigenvalue weighted by Gasteiger charge is -2.14. The second-order valence-electron chi connectivity index (χ2n) is 3.44. The number of methoxy groups -OCH3 is 1. The molecule has 0 radical (unpaired) electrons. The Morgan fingerprint density at radius 1 is 1.33 bits per heavy atom. The molecule has 0 aliphatic carbocycles. The molecule has 1 unspecified atom stereocenters. The highest BCUT2D eigenvalue weighted by atomic mass is 32.2. The number of ether oxygens (including phenoxy) is 1. The molecule has 1 rings (SSSR count). The van der Waals surface area contributed by atoms with Crippen LogP contribution in [-0.2, 0) is 4.74 Å². The van der Waals surface area contributed by atoms with Crippen LogP contribution in [0.5, 0.6) is 0 Å². The van der Waals surface area contributed by atoms with E-state index < -0.39 is 0 Å². The third kappa shape index (κ3) is 4.24. The molecule has 1 N–H and O–H groups in total. The maximum absolute atomic E-state index is 5.00. The maximum Gasteiger partial charge on any atom is 0.0587 e. The van der Waals surface area contributed by atoms with E-state index in [1.54, 1.807) is 18.9 Å². The van der Waals surface area contributed by atoms with Crippen LogP contribution < -0.4 is 5.32 Å². The molecule has 0 saturated carbocycles. The first-order chi connectivity index (χ1) is 7.27. The fourth-order valence-corrected chi connectivity index (χ4v) is 1.80. The van der Waals surface area contributed by atoms with Crippen molar-refractivity contribution in [2.45, 2.75) is 17.9 Å². The van der Waals surface area contributed by atoms with Gasteiger partial charge in [0.05, 0.1) is 6.61 Å². The van der Waals surface area contributed by atoms with Crippen molar-refractivity contribution < 1.29 is 4.74 Å². The molecule has 0 amide bonds. The van der Waals surface area contributed by atoms with Crippen LogP contribution in [0.1, 0.15) is 18.5 Å². The molecule has 0 aliphatic rings. The molecular weight excluding hydrogens is 206 g/mol. The normalized spacial score (nSPS) is 12.7. The number of rotatable bonds is 6. The molecule has 1 aromatic carbocycles. The fraction of sp³-hybridized carbons (Fsp3) is 0.500. The van der Waals surface area contributed by atoms with E-state index in [0.717, 1.165) is 13.2 Å². The first kappa shape index (κ1) is 12.6. The third-order valence-electron chi connectivity index (χ3n) is 2.37. The van der Waals surface area contributed by atoms with Gasteiger partial charge >= 0.3 is 0 Å². The Bertz CT molecular complexity index is 273. The standard InChI is InChI=1S/C12H19NOS/c1-10(13-8-9-14-2)11-4-6-12(15-3)7-5-11/h4-7,10,13H,8-9H2,1-3H3. The number of benzene rings is 1. The van der Waals surface area contributed by atoms with Crippen molar-refractivity contribution in [2.24, 2.45) is 0 Å². The lowest BCUT2D eigenvalue weighted by atomic mass is 10.1. The van der Waals surface area contributed by atoms with Gasteiger partial charge in [0, 0.05) is 24.6 Å². The van der Waals surface area contributed by atoms with Gasteiger partial charge in [-0.15, -0.1) is 11.8 Å². The number of thioether (sulfide) groups is 1. The van der Waals surface area contributed by atoms with Crippen molar-refractivity contribution in [1.29, 1.82) is 0 Å². The van der Waals surface area contributed by atoms with E-state index in [-0.39, 0.29) is 0 Å². The van der Waals surface area contributed by atoms with Crippen LogP contribution in [-0.4, -0.2) is 26.5 Å². The van der Waals surface area contributed by atoms with Crippen molar-refractivity contribution in [3.63, 3.8) is 0 Å². The van der Waals surface area contributed by atoms with Crippen LogP contribution in [0.3, 0.4) is 0 Å². The molecule has 15 heavy (non-hydrogen) atoms. The van der Waals surface area contributed by atoms with E-state index in [1.165, 1.54) is 10.5 Å². The quantitative estimate of drug-likeness (QED) is 0.594. The largest absolute Gasteiger partial charge is 0.383 e. The Labute approximate surface area is 96.4 Å². The first-order valence-electron chi connectivity index (χ1n) is 5.14. The van der Waals surface area contributed by atoms with E-state index >= 15 is 0 Å². The smallest absolute Gasteiger partial charge is 0.0587 e. The Kier molecular flexibility index (Phi) is 5.76. The molecule has 0 aromatic heterocycles. The van der Waals surface area contributed by atoms with Gasteiger partial charge in [-0.1, -0.05) is 12.1 Å². The summed E-state index contributed by atoms with van der Waals surface area (Å²) in [5, 5.41) is 3.41. The van der Waals surface area contributed by atoms with Gasteiger partial charge in [0.1, 0.15) is 0 Å². The number of hydrogen-bond acceptors (Lipinski definition) is 3. The maximum atomic E-state index is 5.00. The molecule has 0 fully saturated rings. The molecule has 0 saturated heterocycles. The van der Waals surface area contributed by atoms with Crippen molar-refractivity contribution in [1.82, 2.24) is 5.32 Å². The Morgan fingerprint density at radius 2 is 2.00 bits per heavy atom. The van der Waals surface area contributed by atoms with Crippen LogP contribution >= 0.6 is 11.8 Å². The molecule has 1 atom stereocenters. The topological polar surface area (TPSA) is 21.3 Å². The number of nitrogens with one attached hydrogen (secondary N) is 1. The average molecular weight is 225 g/mol. The molecule has 1 aromatic rings. The van der Waals surface area contributed by atoms with E-state index in [1.807, 2.05) is 0 Å². The molecule has 2 nitrogen and oxygen atoms in total. The number of hydrogen-bond donors (Lipinski definition) is 1. The zero-order valence-electron chi connectivity index (χ0n) is 9.62. The van der Waals surface area contributed by atoms with Gasteiger partial charge in [-0.3, -0.25) is 0 Å². The third-order valence-corrected chi connectivity index (χ3v) is 3.12. The molecule has 0 bridgehead atoms. The van der Waals surface area contributed by atoms with Crippen LogP contribution in [0, 0.1) is 0 Å². The van der Waals surface area contributed by atoms with Gasteiger partial charge < -0.3 is 10.1 Å². The summed E-state index contributed by atoms with van der Waals surface area (Å²) in [5.74, 6) is 0. The predicted octanol–water partition coefficient (Wildman–Crippen LogP) is 2.71. The van der Waals surface area contributed by atoms with Gasteiger partial charge in [0.15, 0.2) is 0 Å². The lowest BCUT2D eigenvalue weighted by molar-refractivity contribution is 0.196. The van der Waals surface area contributed by atoms with Crippen molar-refractivity contribution in [3.8, 4) is 0 Å². The minimum atomic E-state index is 0.385. The van der Waals surface area contributed by atoms with Gasteiger partial charge in [0.2, 0.25) is 0 Å². The minimum absolute atomic E-state index is 0.385. The van der Waals surface area contributed by atoms with Crippen LogP contribution in [0.25, 0.3) is 0 Å². The lowest BCUT2D eigenvalue weighted by Crippen LogP contribution is -2.22. The summed E-state index contributed by atoms with van der Waals surface area (Å²) in [6, 6.07) is 9.06. The second kappa shape index (κ2) is 6.88. The summed E-state index contributed by atoms with van der Waals surface area (Å²) in [4.78, 5) is 1.31. The summed E-state index contributed by atoms with van der Waals surface area (Å²) in [6.07, 6.45) is 2.09. The van der Waals surface area contributed by atoms with Crippen molar-refractivity contribution in [2.75, 3.05) is 26.5 Å². The van der Waals surface area contributed by atoms with Crippen LogP contribution in [0.4, 0.5) is 0 Å².